The Hall–Kier alpha value is -0.550. The van der Waals surface area contributed by atoms with Crippen molar-refractivity contribution in [2.24, 2.45) is 16.0 Å². The zero-order valence-corrected chi connectivity index (χ0v) is 26.4. The second-order valence-corrected chi connectivity index (χ2v) is 10.7. The minimum absolute atomic E-state index is 0. The number of urea groups is 1. The molecule has 2 rings (SSSR count). The van der Waals surface area contributed by atoms with Crippen molar-refractivity contribution in [2.45, 2.75) is 4.90 Å². The number of anilines is 2. The molecule has 2 aromatic rings. The van der Waals surface area contributed by atoms with Crippen molar-refractivity contribution in [2.75, 3.05) is 28.9 Å². The predicted molar refractivity (Wildman–Crippen MR) is 121 cm³/mol. The van der Waals surface area contributed by atoms with Gasteiger partial charge in [-0.05, 0) is 36.4 Å². The summed E-state index contributed by atoms with van der Waals surface area (Å²) in [5, 5.41) is 25.1. The summed E-state index contributed by atoms with van der Waals surface area (Å²) in [5.41, 5.74) is 5.52. The average Bonchev–Trinajstić information content (AvgIpc) is 2.76. The SMILES string of the molecule is NC(=O)Nc1cc(NCS(=O)(=O)[O-])ccc1N=Nc1ccc(S(=O)(=O)CCOSOO[O-])cc1Cl.[Na+].[Na+]. The van der Waals surface area contributed by atoms with Gasteiger partial charge in [0.15, 0.2) is 22.2 Å². The standard InChI is InChI=1S/C16H18ClN5O10S3.2Na/c17-12-8-11(34(25,26)6-5-30-33-32-31-24)2-4-13(12)21-22-14-3-1-10(19-9-35(27,28)29)7-15(14)20-16(18)23;;/h1-4,7-8,19,24H,5-6,9H2,(H3,18,20,23)(H,27,28,29);;/q;2*+1/p-2. The van der Waals surface area contributed by atoms with Gasteiger partial charge in [0.05, 0.1) is 28.0 Å². The molecular formula is C16H16ClN5Na2O10S3. The summed E-state index contributed by atoms with van der Waals surface area (Å²) in [5.74, 6) is -1.34. The molecule has 4 N–H and O–H groups in total. The molecule has 0 atom stereocenters. The molecule has 2 amide bonds. The van der Waals surface area contributed by atoms with Crippen LogP contribution >= 0.6 is 23.9 Å². The first-order chi connectivity index (χ1) is 16.4. The summed E-state index contributed by atoms with van der Waals surface area (Å²) in [6.07, 6.45) is 0. The molecule has 0 spiro atoms. The number of sulfone groups is 1. The number of nitrogens with one attached hydrogen (secondary N) is 2. The van der Waals surface area contributed by atoms with Crippen LogP contribution < -0.4 is 80.7 Å². The molecule has 0 saturated carbocycles. The number of hydrogen-bond acceptors (Lipinski definition) is 14. The smallest absolute Gasteiger partial charge is 0.747 e. The molecule has 0 fully saturated rings. The van der Waals surface area contributed by atoms with Crippen molar-refractivity contribution in [3.8, 4) is 0 Å². The number of hydrogen-bond donors (Lipinski definition) is 3. The van der Waals surface area contributed by atoms with E-state index in [4.69, 9.17) is 17.3 Å². The third-order valence-corrected chi connectivity index (χ3v) is 6.64. The number of primary amides is 1. The van der Waals surface area contributed by atoms with Crippen LogP contribution in [-0.2, 0) is 33.5 Å². The predicted octanol–water partition coefficient (Wildman–Crippen LogP) is -4.25. The van der Waals surface area contributed by atoms with E-state index in [1.54, 1.807) is 0 Å². The molecule has 0 unspecified atom stereocenters. The Kier molecular flexibility index (Phi) is 16.9. The molecule has 0 saturated heterocycles. The number of amides is 2. The minimum Gasteiger partial charge on any atom is -0.747 e. The fraction of sp³-hybridized carbons (Fsp3) is 0.188. The number of nitrogens with zero attached hydrogens (tertiary/aromatic N) is 2. The summed E-state index contributed by atoms with van der Waals surface area (Å²) in [6.45, 7) is -0.309. The topological polar surface area (TPSA) is 234 Å². The van der Waals surface area contributed by atoms with E-state index in [1.807, 2.05) is 0 Å². The Morgan fingerprint density at radius 3 is 2.32 bits per heavy atom. The quantitative estimate of drug-likeness (QED) is 0.0370. The molecule has 0 aliphatic carbocycles. The molecule has 15 nitrogen and oxygen atoms in total. The molecular weight excluding hydrogens is 600 g/mol. The number of halogens is 1. The second-order valence-electron chi connectivity index (χ2n) is 6.26. The van der Waals surface area contributed by atoms with Crippen LogP contribution in [0.5, 0.6) is 0 Å². The van der Waals surface area contributed by atoms with Crippen LogP contribution in [0.25, 0.3) is 0 Å². The number of azo groups is 1. The summed E-state index contributed by atoms with van der Waals surface area (Å²) < 4.78 is 65.6. The van der Waals surface area contributed by atoms with Gasteiger partial charge in [0.2, 0.25) is 0 Å². The molecule has 0 aliphatic heterocycles. The zero-order valence-electron chi connectivity index (χ0n) is 19.2. The Balaban J connectivity index is 0.00000648. The summed E-state index contributed by atoms with van der Waals surface area (Å²) in [7, 11) is -8.34. The third-order valence-electron chi connectivity index (χ3n) is 3.79. The van der Waals surface area contributed by atoms with E-state index in [-0.39, 0.29) is 111 Å². The van der Waals surface area contributed by atoms with Gasteiger partial charge in [0.1, 0.15) is 27.4 Å². The maximum atomic E-state index is 12.4. The van der Waals surface area contributed by atoms with Crippen LogP contribution in [0.2, 0.25) is 5.02 Å². The van der Waals surface area contributed by atoms with Crippen molar-refractivity contribution < 1.29 is 104 Å². The van der Waals surface area contributed by atoms with Gasteiger partial charge in [0.25, 0.3) is 0 Å². The number of nitrogens with two attached hydrogens (primary N) is 1. The van der Waals surface area contributed by atoms with Crippen LogP contribution in [0.4, 0.5) is 27.5 Å². The van der Waals surface area contributed by atoms with E-state index >= 15 is 0 Å². The van der Waals surface area contributed by atoms with E-state index in [9.17, 15) is 31.4 Å². The van der Waals surface area contributed by atoms with E-state index in [0.29, 0.717) is 0 Å². The first-order valence-electron chi connectivity index (χ1n) is 8.98. The average molecular weight is 616 g/mol. The van der Waals surface area contributed by atoms with Gasteiger partial charge >= 0.3 is 65.1 Å². The van der Waals surface area contributed by atoms with E-state index in [1.165, 1.54) is 30.3 Å². The van der Waals surface area contributed by atoms with Gasteiger partial charge in [0, 0.05) is 5.69 Å². The summed E-state index contributed by atoms with van der Waals surface area (Å²) >= 11 is 6.30. The first kappa shape index (κ1) is 36.5. The van der Waals surface area contributed by atoms with Gasteiger partial charge in [-0.2, -0.15) is 0 Å². The molecule has 0 heterocycles. The van der Waals surface area contributed by atoms with Crippen LogP contribution in [0, 0.1) is 0 Å². The van der Waals surface area contributed by atoms with E-state index in [2.05, 4.69) is 34.4 Å². The summed E-state index contributed by atoms with van der Waals surface area (Å²) in [6, 6.07) is 6.72. The van der Waals surface area contributed by atoms with Gasteiger partial charge in [-0.25, -0.2) is 21.6 Å². The Bertz CT molecular complexity index is 1300. The molecule has 0 aliphatic rings. The fourth-order valence-electron chi connectivity index (χ4n) is 2.33. The Morgan fingerprint density at radius 1 is 1.08 bits per heavy atom. The van der Waals surface area contributed by atoms with Crippen LogP contribution in [0.3, 0.4) is 0 Å². The number of carbonyl (C=O) groups is 1. The van der Waals surface area contributed by atoms with Gasteiger partial charge < -0.3 is 26.2 Å². The number of rotatable bonds is 13. The van der Waals surface area contributed by atoms with Crippen LogP contribution in [0.1, 0.15) is 0 Å². The largest absolute Gasteiger partial charge is 1.00 e. The molecule has 0 aromatic heterocycles. The maximum absolute atomic E-state index is 12.4. The summed E-state index contributed by atoms with van der Waals surface area (Å²) in [4.78, 5) is 11.2. The van der Waals surface area contributed by atoms with Crippen LogP contribution in [-0.4, -0.2) is 45.7 Å². The minimum atomic E-state index is -4.55. The van der Waals surface area contributed by atoms with Crippen molar-refractivity contribution in [3.05, 3.63) is 41.4 Å². The Morgan fingerprint density at radius 2 is 1.73 bits per heavy atom. The normalized spacial score (nSPS) is 11.4. The fourth-order valence-corrected chi connectivity index (χ4v) is 4.39. The van der Waals surface area contributed by atoms with Gasteiger partial charge in [-0.3, -0.25) is 9.22 Å². The van der Waals surface area contributed by atoms with Gasteiger partial charge in [-0.1, -0.05) is 11.6 Å². The van der Waals surface area contributed by atoms with Crippen molar-refractivity contribution >= 4 is 72.7 Å². The van der Waals surface area contributed by atoms with E-state index in [0.717, 1.165) is 6.07 Å². The molecule has 0 radical (unpaired) electrons. The van der Waals surface area contributed by atoms with Crippen molar-refractivity contribution in [3.63, 3.8) is 0 Å². The van der Waals surface area contributed by atoms with Gasteiger partial charge in [-0.15, -0.1) is 14.6 Å². The molecule has 37 heavy (non-hydrogen) atoms. The number of benzene rings is 2. The van der Waals surface area contributed by atoms with E-state index < -0.39 is 37.6 Å². The monoisotopic (exact) mass is 615 g/mol. The molecule has 192 valence electrons. The Labute approximate surface area is 265 Å². The third kappa shape index (κ3) is 13.4. The first-order valence-corrected chi connectivity index (χ1v) is 13.3. The maximum Gasteiger partial charge on any atom is 1.00 e. The van der Waals surface area contributed by atoms with Crippen molar-refractivity contribution in [1.29, 1.82) is 0 Å². The molecule has 0 bridgehead atoms. The second kappa shape index (κ2) is 17.2. The van der Waals surface area contributed by atoms with Crippen LogP contribution in [0.15, 0.2) is 51.5 Å². The zero-order chi connectivity index (χ0) is 26.1. The van der Waals surface area contributed by atoms with Crippen molar-refractivity contribution in [1.82, 2.24) is 0 Å². The molecule has 21 heteroatoms. The molecule has 2 aromatic carbocycles. The number of carbonyl (C=O) groups excluding carboxylic acids is 1.